The predicted octanol–water partition coefficient (Wildman–Crippen LogP) is 3.53. The zero-order chi connectivity index (χ0) is 26.1. The molecule has 1 atom stereocenters. The summed E-state index contributed by atoms with van der Waals surface area (Å²) in [4.78, 5) is 36.1. The molecule has 0 radical (unpaired) electrons. The standard InChI is InChI=1S/C23H23BrCl2N4O6/c1-34-19-8-13(10-28-30-23(33)22(32)27-11-15-3-2-6-35-15)7-16(24)21(19)36-12-20(31)29-14-4-5-17(25)18(26)9-14/h4-5,7-10,15H,2-3,6,11-12H2,1H3,(H,27,32)(H,29,31)(H,30,33)/b28-10-/t15-/m0/s1. The van der Waals surface area contributed by atoms with Gasteiger partial charge in [0.05, 0.1) is 33.9 Å². The lowest BCUT2D eigenvalue weighted by molar-refractivity contribution is -0.139. The number of ether oxygens (including phenoxy) is 3. The summed E-state index contributed by atoms with van der Waals surface area (Å²) >= 11 is 15.2. The molecular formula is C23H23BrCl2N4O6. The summed E-state index contributed by atoms with van der Waals surface area (Å²) in [5.74, 6) is -1.52. The third-order valence-electron chi connectivity index (χ3n) is 4.90. The van der Waals surface area contributed by atoms with Gasteiger partial charge in [0.2, 0.25) is 0 Å². The minimum Gasteiger partial charge on any atom is -0.493 e. The molecule has 0 aromatic heterocycles. The molecule has 2 aromatic rings. The van der Waals surface area contributed by atoms with Gasteiger partial charge in [0.1, 0.15) is 0 Å². The summed E-state index contributed by atoms with van der Waals surface area (Å²) < 4.78 is 16.8. The molecule has 36 heavy (non-hydrogen) atoms. The van der Waals surface area contributed by atoms with E-state index in [1.54, 1.807) is 24.3 Å². The van der Waals surface area contributed by atoms with Crippen LogP contribution < -0.4 is 25.5 Å². The Balaban J connectivity index is 1.53. The molecule has 1 fully saturated rings. The summed E-state index contributed by atoms with van der Waals surface area (Å²) in [5, 5.41) is 9.66. The molecule has 0 saturated carbocycles. The van der Waals surface area contributed by atoms with Gasteiger partial charge in [0.15, 0.2) is 18.1 Å². The number of hydrogen-bond donors (Lipinski definition) is 3. The smallest absolute Gasteiger partial charge is 0.329 e. The third kappa shape index (κ3) is 8.09. The second kappa shape index (κ2) is 13.4. The van der Waals surface area contributed by atoms with Gasteiger partial charge in [-0.05, 0) is 64.7 Å². The Morgan fingerprint density at radius 2 is 2.00 bits per heavy atom. The van der Waals surface area contributed by atoms with Gasteiger partial charge in [-0.15, -0.1) is 0 Å². The number of methoxy groups -OCH3 is 1. The molecule has 1 heterocycles. The maximum atomic E-state index is 12.3. The van der Waals surface area contributed by atoms with E-state index in [4.69, 9.17) is 37.4 Å². The third-order valence-corrected chi connectivity index (χ3v) is 6.23. The number of anilines is 1. The van der Waals surface area contributed by atoms with E-state index in [1.807, 2.05) is 0 Å². The van der Waals surface area contributed by atoms with E-state index >= 15 is 0 Å². The second-order valence-electron chi connectivity index (χ2n) is 7.54. The van der Waals surface area contributed by atoms with E-state index < -0.39 is 17.7 Å². The Hall–Kier alpha value is -2.86. The van der Waals surface area contributed by atoms with E-state index in [9.17, 15) is 14.4 Å². The van der Waals surface area contributed by atoms with E-state index in [2.05, 4.69) is 37.1 Å². The van der Waals surface area contributed by atoms with E-state index in [0.29, 0.717) is 38.1 Å². The first kappa shape index (κ1) is 27.7. The molecule has 3 N–H and O–H groups in total. The van der Waals surface area contributed by atoms with Crippen molar-refractivity contribution in [2.24, 2.45) is 5.10 Å². The highest BCUT2D eigenvalue weighted by Crippen LogP contribution is 2.36. The summed E-state index contributed by atoms with van der Waals surface area (Å²) in [6.45, 7) is 0.624. The highest BCUT2D eigenvalue weighted by atomic mass is 79.9. The maximum absolute atomic E-state index is 12.3. The topological polar surface area (TPSA) is 127 Å². The molecule has 192 valence electrons. The SMILES string of the molecule is COc1cc(/C=N\NC(=O)C(=O)NC[C@@H]2CCCO2)cc(Br)c1OCC(=O)Nc1ccc(Cl)c(Cl)c1. The first-order valence-electron chi connectivity index (χ1n) is 10.7. The van der Waals surface area contributed by atoms with E-state index in [-0.39, 0.29) is 25.0 Å². The Bertz CT molecular complexity index is 1160. The molecule has 1 saturated heterocycles. The fraction of sp³-hybridized carbons (Fsp3) is 0.304. The number of nitrogens with zero attached hydrogens (tertiary/aromatic N) is 1. The zero-order valence-corrected chi connectivity index (χ0v) is 22.2. The van der Waals surface area contributed by atoms with Crippen LogP contribution in [0.5, 0.6) is 11.5 Å². The van der Waals surface area contributed by atoms with Crippen molar-refractivity contribution in [2.75, 3.05) is 32.2 Å². The number of benzene rings is 2. The first-order chi connectivity index (χ1) is 17.3. The average Bonchev–Trinajstić information content (AvgIpc) is 3.37. The minimum absolute atomic E-state index is 0.0715. The molecule has 0 spiro atoms. The highest BCUT2D eigenvalue weighted by Gasteiger charge is 2.19. The summed E-state index contributed by atoms with van der Waals surface area (Å²) in [6.07, 6.45) is 3.04. The van der Waals surface area contributed by atoms with Gasteiger partial charge in [-0.3, -0.25) is 14.4 Å². The van der Waals surface area contributed by atoms with Crippen LogP contribution in [0.15, 0.2) is 39.9 Å². The molecule has 1 aliphatic rings. The number of hydrazone groups is 1. The van der Waals surface area contributed by atoms with Crippen molar-refractivity contribution in [1.29, 1.82) is 0 Å². The number of hydrogen-bond acceptors (Lipinski definition) is 7. The largest absolute Gasteiger partial charge is 0.493 e. The van der Waals surface area contributed by atoms with E-state index in [1.165, 1.54) is 19.4 Å². The van der Waals surface area contributed by atoms with Crippen molar-refractivity contribution in [3.8, 4) is 11.5 Å². The summed E-state index contributed by atoms with van der Waals surface area (Å²) in [5.41, 5.74) is 3.17. The molecule has 1 aliphatic heterocycles. The lowest BCUT2D eigenvalue weighted by Crippen LogP contribution is -2.41. The Kier molecular flexibility index (Phi) is 10.4. The Morgan fingerprint density at radius 3 is 2.69 bits per heavy atom. The van der Waals surface area contributed by atoms with E-state index in [0.717, 1.165) is 12.8 Å². The van der Waals surface area contributed by atoms with Gasteiger partial charge in [-0.2, -0.15) is 5.10 Å². The van der Waals surface area contributed by atoms with Crippen LogP contribution in [0.2, 0.25) is 10.0 Å². The van der Waals surface area contributed by atoms with Crippen LogP contribution in [0, 0.1) is 0 Å². The van der Waals surface area contributed by atoms with Crippen LogP contribution in [0.4, 0.5) is 5.69 Å². The number of carbonyl (C=O) groups is 3. The van der Waals surface area contributed by atoms with Crippen molar-refractivity contribution in [1.82, 2.24) is 10.7 Å². The van der Waals surface area contributed by atoms with Gasteiger partial charge >= 0.3 is 11.8 Å². The van der Waals surface area contributed by atoms with Gasteiger partial charge in [0, 0.05) is 18.8 Å². The molecule has 3 rings (SSSR count). The summed E-state index contributed by atoms with van der Waals surface area (Å²) in [7, 11) is 1.44. The Morgan fingerprint density at radius 1 is 1.19 bits per heavy atom. The molecule has 0 bridgehead atoms. The Labute approximate surface area is 225 Å². The maximum Gasteiger partial charge on any atom is 0.329 e. The molecule has 3 amide bonds. The van der Waals surface area contributed by atoms with Gasteiger partial charge < -0.3 is 24.8 Å². The first-order valence-corrected chi connectivity index (χ1v) is 12.3. The van der Waals surface area contributed by atoms with Crippen LogP contribution in [0.1, 0.15) is 18.4 Å². The highest BCUT2D eigenvalue weighted by molar-refractivity contribution is 9.10. The van der Waals surface area contributed by atoms with Gasteiger partial charge in [0.25, 0.3) is 5.91 Å². The van der Waals surface area contributed by atoms with Crippen molar-refractivity contribution in [3.63, 3.8) is 0 Å². The molecular weight excluding hydrogens is 579 g/mol. The number of rotatable bonds is 9. The number of amides is 3. The fourth-order valence-corrected chi connectivity index (χ4v) is 4.04. The van der Waals surface area contributed by atoms with Crippen LogP contribution in [0.3, 0.4) is 0 Å². The fourth-order valence-electron chi connectivity index (χ4n) is 3.17. The van der Waals surface area contributed by atoms with Crippen LogP contribution in [0.25, 0.3) is 0 Å². The summed E-state index contributed by atoms with van der Waals surface area (Å²) in [6, 6.07) is 7.94. The van der Waals surface area contributed by atoms with Crippen molar-refractivity contribution in [2.45, 2.75) is 18.9 Å². The average molecular weight is 602 g/mol. The molecule has 0 aliphatic carbocycles. The monoisotopic (exact) mass is 600 g/mol. The molecule has 0 unspecified atom stereocenters. The number of carbonyl (C=O) groups excluding carboxylic acids is 3. The van der Waals surface area contributed by atoms with Gasteiger partial charge in [-0.25, -0.2) is 5.43 Å². The predicted molar refractivity (Wildman–Crippen MR) is 139 cm³/mol. The molecule has 13 heteroatoms. The van der Waals surface area contributed by atoms with Gasteiger partial charge in [-0.1, -0.05) is 23.2 Å². The van der Waals surface area contributed by atoms with Crippen molar-refractivity contribution < 1.29 is 28.6 Å². The van der Waals surface area contributed by atoms with Crippen molar-refractivity contribution in [3.05, 3.63) is 50.4 Å². The van der Waals surface area contributed by atoms with Crippen molar-refractivity contribution >= 4 is 68.8 Å². The second-order valence-corrected chi connectivity index (χ2v) is 9.21. The lowest BCUT2D eigenvalue weighted by Gasteiger charge is -2.13. The number of nitrogens with one attached hydrogen (secondary N) is 3. The number of halogens is 3. The lowest BCUT2D eigenvalue weighted by atomic mass is 10.2. The quantitative estimate of drug-likeness (QED) is 0.229. The normalized spacial score (nSPS) is 14.9. The van der Waals surface area contributed by atoms with Crippen LogP contribution >= 0.6 is 39.1 Å². The minimum atomic E-state index is -0.900. The molecule has 2 aromatic carbocycles. The van der Waals surface area contributed by atoms with Crippen LogP contribution in [-0.2, 0) is 19.1 Å². The molecule has 10 nitrogen and oxygen atoms in total. The zero-order valence-electron chi connectivity index (χ0n) is 19.1. The van der Waals surface area contributed by atoms with Crippen LogP contribution in [-0.4, -0.2) is 56.9 Å².